The monoisotopic (exact) mass is 253 g/mol. The van der Waals surface area contributed by atoms with Crippen LogP contribution in [0.4, 0.5) is 8.78 Å². The molecule has 2 aromatic rings. The number of aryl methyl sites for hydroxylation is 1. The van der Waals surface area contributed by atoms with Gasteiger partial charge in [0.15, 0.2) is 0 Å². The van der Waals surface area contributed by atoms with Crippen LogP contribution < -0.4 is 0 Å². The first-order chi connectivity index (χ1) is 8.54. The van der Waals surface area contributed by atoms with Crippen LogP contribution in [0.5, 0.6) is 0 Å². The minimum atomic E-state index is -1.32. The molecule has 0 saturated carbocycles. The Kier molecular flexibility index (Phi) is 3.10. The van der Waals surface area contributed by atoms with E-state index in [9.17, 15) is 13.6 Å². The van der Waals surface area contributed by atoms with Crippen molar-refractivity contribution in [2.45, 2.75) is 13.3 Å². The van der Waals surface area contributed by atoms with Gasteiger partial charge in [0.05, 0.1) is 5.69 Å². The number of halogens is 2. The molecule has 1 aromatic carbocycles. The van der Waals surface area contributed by atoms with Crippen LogP contribution in [0, 0.1) is 11.6 Å². The molecule has 1 aromatic heterocycles. The molecule has 18 heavy (non-hydrogen) atoms. The van der Waals surface area contributed by atoms with Crippen molar-refractivity contribution in [1.82, 2.24) is 4.98 Å². The molecule has 0 saturated heterocycles. The van der Waals surface area contributed by atoms with Crippen molar-refractivity contribution in [2.75, 3.05) is 0 Å². The number of carboxylic acid groups (broad SMARTS) is 1. The van der Waals surface area contributed by atoms with Gasteiger partial charge in [-0.25, -0.2) is 18.6 Å². The van der Waals surface area contributed by atoms with Crippen LogP contribution in [0.2, 0.25) is 0 Å². The molecule has 0 aliphatic heterocycles. The SMILES string of the molecule is CCc1nc(-c2c(F)cccc2F)oc1C(=O)O. The molecule has 0 atom stereocenters. The standard InChI is InChI=1S/C12H9F2NO3/c1-2-8-10(12(16)17)18-11(15-8)9-6(13)4-3-5-7(9)14/h3-5H,2H2,1H3,(H,16,17). The fourth-order valence-corrected chi connectivity index (χ4v) is 1.57. The van der Waals surface area contributed by atoms with Crippen molar-refractivity contribution < 1.29 is 23.1 Å². The summed E-state index contributed by atoms with van der Waals surface area (Å²) >= 11 is 0. The lowest BCUT2D eigenvalue weighted by Gasteiger charge is -1.98. The minimum Gasteiger partial charge on any atom is -0.475 e. The molecule has 2 rings (SSSR count). The number of carbonyl (C=O) groups is 1. The number of benzene rings is 1. The molecule has 1 N–H and O–H groups in total. The Morgan fingerprint density at radius 2 is 2.00 bits per heavy atom. The summed E-state index contributed by atoms with van der Waals surface area (Å²) in [6.07, 6.45) is 0.293. The molecule has 0 fully saturated rings. The summed E-state index contributed by atoms with van der Waals surface area (Å²) in [6, 6.07) is 3.30. The lowest BCUT2D eigenvalue weighted by atomic mass is 10.2. The molecule has 0 unspecified atom stereocenters. The highest BCUT2D eigenvalue weighted by atomic mass is 19.1. The van der Waals surface area contributed by atoms with Gasteiger partial charge in [0.1, 0.15) is 17.2 Å². The Hall–Kier alpha value is -2.24. The molecule has 0 radical (unpaired) electrons. The summed E-state index contributed by atoms with van der Waals surface area (Å²) in [5, 5.41) is 8.87. The van der Waals surface area contributed by atoms with Crippen LogP contribution in [0.1, 0.15) is 23.2 Å². The fourth-order valence-electron chi connectivity index (χ4n) is 1.57. The van der Waals surface area contributed by atoms with E-state index in [0.29, 0.717) is 6.42 Å². The van der Waals surface area contributed by atoms with Gasteiger partial charge in [0.2, 0.25) is 11.7 Å². The third-order valence-corrected chi connectivity index (χ3v) is 2.40. The Morgan fingerprint density at radius 1 is 1.39 bits per heavy atom. The van der Waals surface area contributed by atoms with Crippen molar-refractivity contribution in [3.63, 3.8) is 0 Å². The molecule has 6 heteroatoms. The summed E-state index contributed by atoms with van der Waals surface area (Å²) in [6.45, 7) is 1.67. The smallest absolute Gasteiger partial charge is 0.373 e. The number of rotatable bonds is 3. The van der Waals surface area contributed by atoms with Crippen molar-refractivity contribution in [3.05, 3.63) is 41.3 Å². The van der Waals surface area contributed by atoms with Crippen molar-refractivity contribution in [1.29, 1.82) is 0 Å². The van der Waals surface area contributed by atoms with E-state index < -0.39 is 28.9 Å². The summed E-state index contributed by atoms with van der Waals surface area (Å²) in [5.41, 5.74) is -0.306. The number of oxazole rings is 1. The lowest BCUT2D eigenvalue weighted by Crippen LogP contribution is -1.98. The molecule has 0 aliphatic carbocycles. The van der Waals surface area contributed by atoms with Gasteiger partial charge in [0, 0.05) is 0 Å². The number of hydrogen-bond donors (Lipinski definition) is 1. The molecule has 0 spiro atoms. The molecule has 4 nitrogen and oxygen atoms in total. The second-order valence-corrected chi connectivity index (χ2v) is 3.55. The highest BCUT2D eigenvalue weighted by Crippen LogP contribution is 2.27. The third kappa shape index (κ3) is 1.97. The predicted molar refractivity (Wildman–Crippen MR) is 58.2 cm³/mol. The number of aromatic carboxylic acids is 1. The highest BCUT2D eigenvalue weighted by Gasteiger charge is 2.22. The van der Waals surface area contributed by atoms with Gasteiger partial charge in [-0.15, -0.1) is 0 Å². The van der Waals surface area contributed by atoms with Gasteiger partial charge in [-0.3, -0.25) is 0 Å². The summed E-state index contributed by atoms with van der Waals surface area (Å²) < 4.78 is 31.9. The zero-order valence-electron chi connectivity index (χ0n) is 9.41. The molecular weight excluding hydrogens is 244 g/mol. The number of carboxylic acids is 1. The maximum Gasteiger partial charge on any atom is 0.373 e. The Balaban J connectivity index is 2.62. The first-order valence-electron chi connectivity index (χ1n) is 5.22. The van der Waals surface area contributed by atoms with E-state index >= 15 is 0 Å². The van der Waals surface area contributed by atoms with E-state index in [1.54, 1.807) is 6.92 Å². The van der Waals surface area contributed by atoms with Crippen molar-refractivity contribution in [2.24, 2.45) is 0 Å². The molecule has 0 bridgehead atoms. The maximum atomic E-state index is 13.5. The Morgan fingerprint density at radius 3 is 2.44 bits per heavy atom. The molecule has 0 amide bonds. The average Bonchev–Trinajstić information content (AvgIpc) is 2.73. The van der Waals surface area contributed by atoms with Crippen LogP contribution in [0.25, 0.3) is 11.5 Å². The van der Waals surface area contributed by atoms with E-state index in [-0.39, 0.29) is 11.6 Å². The van der Waals surface area contributed by atoms with E-state index in [1.807, 2.05) is 0 Å². The van der Waals surface area contributed by atoms with Crippen molar-refractivity contribution in [3.8, 4) is 11.5 Å². The van der Waals surface area contributed by atoms with Gasteiger partial charge < -0.3 is 9.52 Å². The third-order valence-electron chi connectivity index (χ3n) is 2.40. The Bertz CT molecular complexity index is 587. The summed E-state index contributed by atoms with van der Waals surface area (Å²) in [7, 11) is 0. The van der Waals surface area contributed by atoms with E-state index in [1.165, 1.54) is 6.07 Å². The van der Waals surface area contributed by atoms with E-state index in [2.05, 4.69) is 4.98 Å². The predicted octanol–water partition coefficient (Wildman–Crippen LogP) is 2.88. The van der Waals surface area contributed by atoms with Crippen LogP contribution >= 0.6 is 0 Å². The molecule has 94 valence electrons. The zero-order valence-corrected chi connectivity index (χ0v) is 9.41. The number of aromatic nitrogens is 1. The largest absolute Gasteiger partial charge is 0.475 e. The summed E-state index contributed by atoms with van der Waals surface area (Å²) in [5.74, 6) is -3.77. The first-order valence-corrected chi connectivity index (χ1v) is 5.22. The quantitative estimate of drug-likeness (QED) is 0.913. The van der Waals surface area contributed by atoms with Crippen molar-refractivity contribution >= 4 is 5.97 Å². The highest BCUT2D eigenvalue weighted by molar-refractivity contribution is 5.86. The Labute approximate surface area is 101 Å². The van der Waals surface area contributed by atoms with Gasteiger partial charge in [0.25, 0.3) is 0 Å². The minimum absolute atomic E-state index is 0.153. The van der Waals surface area contributed by atoms with Gasteiger partial charge in [-0.1, -0.05) is 13.0 Å². The van der Waals surface area contributed by atoms with Crippen LogP contribution in [-0.4, -0.2) is 16.1 Å². The lowest BCUT2D eigenvalue weighted by molar-refractivity contribution is 0.0661. The zero-order chi connectivity index (χ0) is 13.3. The maximum absolute atomic E-state index is 13.5. The van der Waals surface area contributed by atoms with Crippen LogP contribution in [-0.2, 0) is 6.42 Å². The second-order valence-electron chi connectivity index (χ2n) is 3.55. The van der Waals surface area contributed by atoms with Gasteiger partial charge in [-0.05, 0) is 18.6 Å². The molecular formula is C12H9F2NO3. The van der Waals surface area contributed by atoms with Gasteiger partial charge in [-0.2, -0.15) is 0 Å². The normalized spacial score (nSPS) is 10.6. The van der Waals surface area contributed by atoms with Crippen LogP contribution in [0.15, 0.2) is 22.6 Å². The van der Waals surface area contributed by atoms with Crippen LogP contribution in [0.3, 0.4) is 0 Å². The second kappa shape index (κ2) is 4.56. The number of hydrogen-bond acceptors (Lipinski definition) is 3. The molecule has 0 aliphatic rings. The molecule has 1 heterocycles. The average molecular weight is 253 g/mol. The first kappa shape index (κ1) is 12.2. The summed E-state index contributed by atoms with van der Waals surface area (Å²) in [4.78, 5) is 14.7. The fraction of sp³-hybridized carbons (Fsp3) is 0.167. The van der Waals surface area contributed by atoms with E-state index in [4.69, 9.17) is 9.52 Å². The number of nitrogens with zero attached hydrogens (tertiary/aromatic N) is 1. The van der Waals surface area contributed by atoms with Gasteiger partial charge >= 0.3 is 5.97 Å². The topological polar surface area (TPSA) is 63.3 Å². The van der Waals surface area contributed by atoms with E-state index in [0.717, 1.165) is 12.1 Å².